The lowest BCUT2D eigenvalue weighted by Crippen LogP contribution is -2.44. The van der Waals surface area contributed by atoms with E-state index in [4.69, 9.17) is 26.7 Å². The van der Waals surface area contributed by atoms with E-state index in [0.29, 0.717) is 17.4 Å². The van der Waals surface area contributed by atoms with Crippen molar-refractivity contribution in [2.75, 3.05) is 11.9 Å². The highest BCUT2D eigenvalue weighted by Gasteiger charge is 2.39. The predicted molar refractivity (Wildman–Crippen MR) is 118 cm³/mol. The van der Waals surface area contributed by atoms with Crippen LogP contribution in [-0.2, 0) is 25.6 Å². The van der Waals surface area contributed by atoms with Gasteiger partial charge in [0, 0.05) is 0 Å². The Morgan fingerprint density at radius 1 is 1.14 bits per heavy atom. The first-order valence-electron chi connectivity index (χ1n) is 10.1. The maximum absolute atomic E-state index is 12.6. The Morgan fingerprint density at radius 3 is 2.33 bits per heavy atom. The number of nitrogens with two attached hydrogens (primary N) is 3. The van der Waals surface area contributed by atoms with E-state index >= 15 is 0 Å². The molecule has 2 atom stereocenters. The molecule has 2 amide bonds. The first-order chi connectivity index (χ1) is 16.8. The van der Waals surface area contributed by atoms with Crippen LogP contribution < -0.4 is 27.8 Å². The van der Waals surface area contributed by atoms with Crippen LogP contribution in [0.15, 0.2) is 39.9 Å². The second kappa shape index (κ2) is 11.8. The van der Waals surface area contributed by atoms with E-state index < -0.39 is 66.4 Å². The van der Waals surface area contributed by atoms with Crippen molar-refractivity contribution in [3.8, 4) is 0 Å². The quantitative estimate of drug-likeness (QED) is 0.172. The molecule has 1 aromatic heterocycles. The van der Waals surface area contributed by atoms with Gasteiger partial charge in [0.15, 0.2) is 11.7 Å². The van der Waals surface area contributed by atoms with Crippen molar-refractivity contribution in [1.82, 2.24) is 10.3 Å². The fourth-order valence-electron chi connectivity index (χ4n) is 2.83. The molecule has 2 unspecified atom stereocenters. The van der Waals surface area contributed by atoms with Crippen molar-refractivity contribution < 1.29 is 41.9 Å². The zero-order valence-electron chi connectivity index (χ0n) is 18.4. The number of carboxylic acids is 1. The number of nitrogens with zero attached hydrogens (tertiary/aromatic N) is 2. The van der Waals surface area contributed by atoms with E-state index in [0.717, 1.165) is 0 Å². The normalized spacial score (nSPS) is 12.8. The van der Waals surface area contributed by atoms with E-state index in [1.807, 2.05) is 0 Å². The first-order valence-corrected chi connectivity index (χ1v) is 10.1. The highest BCUT2D eigenvalue weighted by Crippen LogP contribution is 2.24. The molecule has 1 aromatic carbocycles. The van der Waals surface area contributed by atoms with Gasteiger partial charge in [0.05, 0.1) is 30.9 Å². The van der Waals surface area contributed by atoms with Crippen molar-refractivity contribution in [3.05, 3.63) is 41.9 Å². The van der Waals surface area contributed by atoms with E-state index in [2.05, 4.69) is 15.3 Å². The zero-order valence-corrected chi connectivity index (χ0v) is 18.4. The number of hydrogen-bond acceptors (Lipinski definition) is 8. The van der Waals surface area contributed by atoms with Gasteiger partial charge in [0.1, 0.15) is 5.92 Å². The summed E-state index contributed by atoms with van der Waals surface area (Å²) in [6.07, 6.45) is -5.27. The number of benzene rings is 1. The van der Waals surface area contributed by atoms with Crippen LogP contribution in [0, 0.1) is 0 Å². The lowest BCUT2D eigenvalue weighted by molar-refractivity contribution is -0.167. The molecule has 1 heterocycles. The van der Waals surface area contributed by atoms with Gasteiger partial charge in [0.25, 0.3) is 0 Å². The fourth-order valence-corrected chi connectivity index (χ4v) is 2.83. The summed E-state index contributed by atoms with van der Waals surface area (Å²) in [5.41, 5.74) is 17.6. The molecule has 0 aliphatic heterocycles. The molecule has 0 bridgehead atoms. The van der Waals surface area contributed by atoms with Crippen LogP contribution in [0.25, 0.3) is 0 Å². The number of carboxylic acid groups (broad SMARTS) is 1. The van der Waals surface area contributed by atoms with Crippen LogP contribution in [0.1, 0.15) is 23.8 Å². The standard InChI is InChI=1S/C20H22F3N7O6/c21-20(22,23)18(35)30-14-8-28-17(36-14)11(6-15(32)33)13(31)7-27-16(34)12(24)5-9-1-3-10(4-2-9)29-19(25)26/h1-4,8,11-12H,5-7,24H2,(H,27,34)(H,30,35)(H,32,33)(H4,25,26,29). The predicted octanol–water partition coefficient (Wildman–Crippen LogP) is -0.106. The minimum atomic E-state index is -5.21. The number of ketones is 1. The van der Waals surface area contributed by atoms with Gasteiger partial charge in [-0.05, 0) is 24.1 Å². The lowest BCUT2D eigenvalue weighted by atomic mass is 9.99. The second-order valence-electron chi connectivity index (χ2n) is 7.36. The summed E-state index contributed by atoms with van der Waals surface area (Å²) in [6, 6.07) is 5.40. The maximum atomic E-state index is 12.6. The van der Waals surface area contributed by atoms with Crippen LogP contribution >= 0.6 is 0 Å². The van der Waals surface area contributed by atoms with Crippen LogP contribution in [0.5, 0.6) is 0 Å². The van der Waals surface area contributed by atoms with Gasteiger partial charge in [-0.1, -0.05) is 12.1 Å². The maximum Gasteiger partial charge on any atom is 0.471 e. The summed E-state index contributed by atoms with van der Waals surface area (Å²) in [6.45, 7) is -0.666. The highest BCUT2D eigenvalue weighted by atomic mass is 19.4. The molecule has 0 saturated carbocycles. The minimum Gasteiger partial charge on any atom is -0.481 e. The van der Waals surface area contributed by atoms with Gasteiger partial charge in [0.2, 0.25) is 17.7 Å². The van der Waals surface area contributed by atoms with Gasteiger partial charge in [-0.15, -0.1) is 0 Å². The molecule has 2 aromatic rings. The number of halogens is 3. The molecule has 36 heavy (non-hydrogen) atoms. The van der Waals surface area contributed by atoms with Gasteiger partial charge in [-0.3, -0.25) is 24.5 Å². The number of Topliss-reactive ketones (excluding diaryl/α,β-unsaturated/α-hetero) is 1. The number of carbonyl (C=O) groups excluding carboxylic acids is 3. The van der Waals surface area contributed by atoms with Crippen molar-refractivity contribution in [2.45, 2.75) is 31.0 Å². The number of hydrogen-bond donors (Lipinski definition) is 6. The van der Waals surface area contributed by atoms with E-state index in [9.17, 15) is 32.3 Å². The molecule has 0 radical (unpaired) electrons. The van der Waals surface area contributed by atoms with Crippen LogP contribution in [0.2, 0.25) is 0 Å². The third-order valence-electron chi connectivity index (χ3n) is 4.51. The van der Waals surface area contributed by atoms with E-state index in [-0.39, 0.29) is 12.4 Å². The largest absolute Gasteiger partial charge is 0.481 e. The molecular weight excluding hydrogens is 491 g/mol. The number of aliphatic imine (C=N–C) groups is 1. The monoisotopic (exact) mass is 513 g/mol. The summed E-state index contributed by atoms with van der Waals surface area (Å²) in [5.74, 6) is -8.37. The van der Waals surface area contributed by atoms with Crippen molar-refractivity contribution >= 4 is 41.1 Å². The number of aliphatic carboxylic acids is 1. The molecule has 0 spiro atoms. The average molecular weight is 513 g/mol. The molecule has 0 saturated heterocycles. The molecule has 13 nitrogen and oxygen atoms in total. The number of rotatable bonds is 11. The van der Waals surface area contributed by atoms with Gasteiger partial charge >= 0.3 is 18.1 Å². The molecular formula is C20H22F3N7O6. The number of guanidine groups is 1. The number of carbonyl (C=O) groups is 4. The Bertz CT molecular complexity index is 1140. The molecule has 16 heteroatoms. The summed E-state index contributed by atoms with van der Waals surface area (Å²) in [5, 5.41) is 12.7. The Labute approximate surface area is 200 Å². The topological polar surface area (TPSA) is 229 Å². The van der Waals surface area contributed by atoms with Crippen molar-refractivity contribution in [3.63, 3.8) is 0 Å². The summed E-state index contributed by atoms with van der Waals surface area (Å²) in [7, 11) is 0. The number of aromatic nitrogens is 1. The number of oxazole rings is 1. The minimum absolute atomic E-state index is 0.0860. The number of amides is 2. The number of anilines is 1. The average Bonchev–Trinajstić information content (AvgIpc) is 3.23. The summed E-state index contributed by atoms with van der Waals surface area (Å²) < 4.78 is 42.0. The molecule has 0 aliphatic carbocycles. The zero-order chi connectivity index (χ0) is 27.0. The Morgan fingerprint density at radius 2 is 1.78 bits per heavy atom. The first kappa shape index (κ1) is 27.8. The van der Waals surface area contributed by atoms with Crippen LogP contribution in [0.3, 0.4) is 0 Å². The lowest BCUT2D eigenvalue weighted by Gasteiger charge is -2.14. The Kier molecular flexibility index (Phi) is 9.09. The Hall–Kier alpha value is -4.47. The molecule has 2 rings (SSSR count). The summed E-state index contributed by atoms with van der Waals surface area (Å²) >= 11 is 0. The number of alkyl halides is 3. The summed E-state index contributed by atoms with van der Waals surface area (Å²) in [4.78, 5) is 54.5. The van der Waals surface area contributed by atoms with E-state index in [1.165, 1.54) is 5.32 Å². The van der Waals surface area contributed by atoms with Gasteiger partial charge in [-0.2, -0.15) is 13.2 Å². The SMILES string of the molecule is NC(N)=Nc1ccc(CC(N)C(=O)NCC(=O)C(CC(=O)O)c2ncc(NC(=O)C(F)(F)F)o2)cc1. The van der Waals surface area contributed by atoms with Crippen LogP contribution in [0.4, 0.5) is 24.7 Å². The van der Waals surface area contributed by atoms with Gasteiger partial charge < -0.3 is 32.0 Å². The highest BCUT2D eigenvalue weighted by molar-refractivity contribution is 5.95. The van der Waals surface area contributed by atoms with Crippen molar-refractivity contribution in [2.24, 2.45) is 22.2 Å². The van der Waals surface area contributed by atoms with E-state index in [1.54, 1.807) is 24.3 Å². The fraction of sp³-hybridized carbons (Fsp3) is 0.300. The van der Waals surface area contributed by atoms with Crippen molar-refractivity contribution in [1.29, 1.82) is 0 Å². The molecule has 194 valence electrons. The number of nitrogens with one attached hydrogen (secondary N) is 2. The molecule has 0 fully saturated rings. The smallest absolute Gasteiger partial charge is 0.471 e. The molecule has 0 aliphatic rings. The Balaban J connectivity index is 2.00. The molecule has 9 N–H and O–H groups in total. The second-order valence-corrected chi connectivity index (χ2v) is 7.36. The van der Waals surface area contributed by atoms with Gasteiger partial charge in [-0.25, -0.2) is 9.98 Å². The third kappa shape index (κ3) is 8.39. The third-order valence-corrected chi connectivity index (χ3v) is 4.51. The van der Waals surface area contributed by atoms with Crippen LogP contribution in [-0.4, -0.2) is 58.4 Å².